The molecule has 3 unspecified atom stereocenters. The van der Waals surface area contributed by atoms with Gasteiger partial charge < -0.3 is 9.80 Å². The van der Waals surface area contributed by atoms with Gasteiger partial charge in [-0.25, -0.2) is 0 Å². The van der Waals surface area contributed by atoms with Crippen LogP contribution in [0.15, 0.2) is 71.4 Å². The predicted molar refractivity (Wildman–Crippen MR) is 109 cm³/mol. The van der Waals surface area contributed by atoms with E-state index in [1.165, 1.54) is 29.1 Å². The van der Waals surface area contributed by atoms with Crippen LogP contribution in [0.3, 0.4) is 0 Å². The van der Waals surface area contributed by atoms with Crippen LogP contribution in [0, 0.1) is 5.41 Å². The Kier molecular flexibility index (Phi) is 3.02. The largest absolute Gasteiger partial charge is 0.317 e. The van der Waals surface area contributed by atoms with Gasteiger partial charge >= 0.3 is 0 Å². The normalized spacial score (nSPS) is 34.7. The van der Waals surface area contributed by atoms with Gasteiger partial charge in [0.2, 0.25) is 0 Å². The van der Waals surface area contributed by atoms with Crippen molar-refractivity contribution in [2.24, 2.45) is 10.4 Å². The molecule has 0 bridgehead atoms. The van der Waals surface area contributed by atoms with Crippen molar-refractivity contribution in [3.63, 3.8) is 0 Å². The molecule has 2 heterocycles. The highest BCUT2D eigenvalue weighted by Gasteiger charge is 2.73. The zero-order valence-corrected chi connectivity index (χ0v) is 15.9. The molecule has 5 rings (SSSR count). The average molecular weight is 343 g/mol. The van der Waals surface area contributed by atoms with Crippen LogP contribution in [-0.4, -0.2) is 19.0 Å². The lowest BCUT2D eigenvalue weighted by Gasteiger charge is -2.43. The third-order valence-corrected chi connectivity index (χ3v) is 6.91. The molecule has 0 aromatic heterocycles. The summed E-state index contributed by atoms with van der Waals surface area (Å²) >= 11 is 0. The highest BCUT2D eigenvalue weighted by Crippen LogP contribution is 2.73. The number of hydrogen-bond acceptors (Lipinski definition) is 2. The second-order valence-electron chi connectivity index (χ2n) is 8.11. The molecule has 0 radical (unpaired) electrons. The number of hydrogen-bond donors (Lipinski definition) is 0. The van der Waals surface area contributed by atoms with Crippen LogP contribution in [0.2, 0.25) is 0 Å². The lowest BCUT2D eigenvalue weighted by molar-refractivity contribution is 0.374. The summed E-state index contributed by atoms with van der Waals surface area (Å²) in [5.41, 5.74) is 5.64. The first kappa shape index (κ1) is 15.7. The van der Waals surface area contributed by atoms with Crippen LogP contribution in [0.25, 0.3) is 0 Å². The minimum absolute atomic E-state index is 0.192. The molecule has 26 heavy (non-hydrogen) atoms. The number of para-hydroxylation sites is 2. The van der Waals surface area contributed by atoms with Gasteiger partial charge in [-0.1, -0.05) is 56.3 Å². The van der Waals surface area contributed by atoms with Crippen molar-refractivity contribution >= 4 is 17.2 Å². The van der Waals surface area contributed by atoms with E-state index in [0.717, 1.165) is 5.84 Å². The van der Waals surface area contributed by atoms with Gasteiger partial charge in [0.05, 0.1) is 5.70 Å². The van der Waals surface area contributed by atoms with Gasteiger partial charge in [0.15, 0.2) is 5.84 Å². The molecule has 1 aliphatic carbocycles. The molecule has 3 nitrogen and oxygen atoms in total. The summed E-state index contributed by atoms with van der Waals surface area (Å²) in [4.78, 5) is 9.72. The summed E-state index contributed by atoms with van der Waals surface area (Å²) in [6, 6.07) is 19.7. The Balaban J connectivity index is 1.80. The summed E-state index contributed by atoms with van der Waals surface area (Å²) in [5, 5.41) is 0. The molecular weight excluding hydrogens is 318 g/mol. The maximum Gasteiger partial charge on any atom is 0.153 e. The maximum atomic E-state index is 4.74. The van der Waals surface area contributed by atoms with Crippen molar-refractivity contribution in [1.29, 1.82) is 0 Å². The van der Waals surface area contributed by atoms with Crippen molar-refractivity contribution in [2.75, 3.05) is 16.8 Å². The zero-order chi connectivity index (χ0) is 18.1. The van der Waals surface area contributed by atoms with E-state index in [-0.39, 0.29) is 17.0 Å². The van der Waals surface area contributed by atoms with E-state index in [9.17, 15) is 0 Å². The second kappa shape index (κ2) is 5.00. The molecule has 3 heteroatoms. The molecule has 0 amide bonds. The van der Waals surface area contributed by atoms with Crippen molar-refractivity contribution < 1.29 is 0 Å². The summed E-state index contributed by atoms with van der Waals surface area (Å²) < 4.78 is 0. The van der Waals surface area contributed by atoms with E-state index in [1.807, 2.05) is 7.05 Å². The number of benzene rings is 2. The van der Waals surface area contributed by atoms with Gasteiger partial charge in [-0.05, 0) is 37.1 Å². The van der Waals surface area contributed by atoms with Crippen LogP contribution in [0.5, 0.6) is 0 Å². The van der Waals surface area contributed by atoms with Crippen LogP contribution >= 0.6 is 0 Å². The molecule has 2 aromatic carbocycles. The van der Waals surface area contributed by atoms with Crippen molar-refractivity contribution in [3.05, 3.63) is 71.9 Å². The quantitative estimate of drug-likeness (QED) is 0.729. The van der Waals surface area contributed by atoms with Crippen molar-refractivity contribution in [2.45, 2.75) is 38.8 Å². The van der Waals surface area contributed by atoms with Crippen LogP contribution < -0.4 is 9.80 Å². The summed E-state index contributed by atoms with van der Waals surface area (Å²) in [5.74, 6) is 1.07. The zero-order valence-electron chi connectivity index (χ0n) is 15.9. The fourth-order valence-corrected chi connectivity index (χ4v) is 5.39. The predicted octanol–water partition coefficient (Wildman–Crippen LogP) is 4.95. The van der Waals surface area contributed by atoms with E-state index in [4.69, 9.17) is 4.99 Å². The molecule has 0 N–H and O–H groups in total. The number of anilines is 2. The molecule has 3 atom stereocenters. The number of rotatable bonds is 1. The summed E-state index contributed by atoms with van der Waals surface area (Å²) in [6.45, 7) is 7.00. The smallest absolute Gasteiger partial charge is 0.153 e. The fraction of sp³-hybridized carbons (Fsp3) is 0.348. The van der Waals surface area contributed by atoms with E-state index >= 15 is 0 Å². The monoisotopic (exact) mass is 343 g/mol. The van der Waals surface area contributed by atoms with Crippen molar-refractivity contribution in [3.8, 4) is 0 Å². The Morgan fingerprint density at radius 1 is 1.00 bits per heavy atom. The van der Waals surface area contributed by atoms with E-state index in [1.54, 1.807) is 0 Å². The topological polar surface area (TPSA) is 18.8 Å². The lowest BCUT2D eigenvalue weighted by atomic mass is 9.81. The number of fused-ring (bicyclic) bond motifs is 6. The maximum absolute atomic E-state index is 4.74. The Hall–Kier alpha value is -2.55. The Morgan fingerprint density at radius 2 is 1.69 bits per heavy atom. The highest BCUT2D eigenvalue weighted by atomic mass is 15.5. The van der Waals surface area contributed by atoms with E-state index in [2.05, 4.69) is 91.2 Å². The summed E-state index contributed by atoms with van der Waals surface area (Å²) in [7, 11) is 1.91. The second-order valence-corrected chi connectivity index (χ2v) is 8.11. The molecule has 2 aliphatic heterocycles. The Morgan fingerprint density at radius 3 is 2.38 bits per heavy atom. The molecule has 3 aliphatic rings. The van der Waals surface area contributed by atoms with Crippen LogP contribution in [0.1, 0.15) is 32.8 Å². The number of allylic oxidation sites excluding steroid dienone is 1. The first-order valence-corrected chi connectivity index (χ1v) is 9.43. The SMILES string of the molecule is CC=C1C(=NC)N2c3ccccc3C3(C)CC3(C)C2N1c1ccccc1. The van der Waals surface area contributed by atoms with E-state index in [0.29, 0.717) is 0 Å². The van der Waals surface area contributed by atoms with Crippen molar-refractivity contribution in [1.82, 2.24) is 0 Å². The standard InChI is InChI=1S/C23H25N3/c1-5-18-20(24-4)26-19-14-10-9-13-17(19)22(2)15-23(22,3)21(26)25(18)16-11-7-6-8-12-16/h5-14,21H,15H2,1-4H3. The van der Waals surface area contributed by atoms with Gasteiger partial charge in [-0.3, -0.25) is 4.99 Å². The molecule has 1 saturated carbocycles. The van der Waals surface area contributed by atoms with Crippen LogP contribution in [-0.2, 0) is 5.41 Å². The fourth-order valence-electron chi connectivity index (χ4n) is 5.39. The number of aliphatic imine (C=N–C) groups is 1. The molecule has 132 valence electrons. The van der Waals surface area contributed by atoms with Crippen LogP contribution in [0.4, 0.5) is 11.4 Å². The highest BCUT2D eigenvalue weighted by molar-refractivity contribution is 6.17. The van der Waals surface area contributed by atoms with E-state index < -0.39 is 0 Å². The van der Waals surface area contributed by atoms with Gasteiger partial charge in [-0.2, -0.15) is 0 Å². The van der Waals surface area contributed by atoms with Gasteiger partial charge in [-0.15, -0.1) is 0 Å². The Bertz CT molecular complexity index is 945. The average Bonchev–Trinajstić information content (AvgIpc) is 3.11. The first-order valence-electron chi connectivity index (χ1n) is 9.43. The van der Waals surface area contributed by atoms with Gasteiger partial charge in [0.25, 0.3) is 0 Å². The minimum Gasteiger partial charge on any atom is -0.317 e. The molecule has 2 fully saturated rings. The molecule has 1 saturated heterocycles. The third kappa shape index (κ3) is 1.66. The number of nitrogens with zero attached hydrogens (tertiary/aromatic N) is 3. The molecule has 2 aromatic rings. The lowest BCUT2D eigenvalue weighted by Crippen LogP contribution is -2.51. The summed E-state index contributed by atoms with van der Waals surface area (Å²) in [6.07, 6.45) is 3.67. The molecular formula is C23H25N3. The molecule has 0 spiro atoms. The minimum atomic E-state index is 0.192. The first-order chi connectivity index (χ1) is 12.6. The third-order valence-electron chi connectivity index (χ3n) is 6.91. The Labute approximate surface area is 155 Å². The van der Waals surface area contributed by atoms with Gasteiger partial charge in [0, 0.05) is 29.3 Å². The van der Waals surface area contributed by atoms with Gasteiger partial charge in [0.1, 0.15) is 6.17 Å². The number of amidine groups is 1.